The molecule has 1 fully saturated rings. The van der Waals surface area contributed by atoms with Gasteiger partial charge in [0.05, 0.1) is 6.54 Å². The Morgan fingerprint density at radius 1 is 1.06 bits per heavy atom. The largest absolute Gasteiger partial charge is 0.465 e. The Kier molecular flexibility index (Phi) is 6.99. The Balaban J connectivity index is 1.50. The number of thiocarbonyl (C=S) groups is 1. The van der Waals surface area contributed by atoms with Crippen LogP contribution in [0.4, 0.5) is 11.8 Å². The molecule has 4 rings (SSSR count). The molecule has 0 radical (unpaired) electrons. The summed E-state index contributed by atoms with van der Waals surface area (Å²) in [6, 6.07) is 15.4. The van der Waals surface area contributed by atoms with Gasteiger partial charge in [-0.1, -0.05) is 31.0 Å². The SMILES string of the molecule is Cc1ccc(CNC(=S)Nc2nc(Oc3ccccc3)cc(N3CCCCCC3)n2)o1. The summed E-state index contributed by atoms with van der Waals surface area (Å²) in [4.78, 5) is 11.5. The highest BCUT2D eigenvalue weighted by molar-refractivity contribution is 7.80. The molecule has 0 amide bonds. The average Bonchev–Trinajstić information content (AvgIpc) is 3.00. The van der Waals surface area contributed by atoms with Crippen LogP contribution in [0.1, 0.15) is 37.2 Å². The number of ether oxygens (including phenoxy) is 1. The molecule has 3 heterocycles. The molecule has 0 unspecified atom stereocenters. The molecule has 1 aromatic carbocycles. The molecule has 8 heteroatoms. The maximum Gasteiger partial charge on any atom is 0.234 e. The van der Waals surface area contributed by atoms with Gasteiger partial charge < -0.3 is 24.7 Å². The summed E-state index contributed by atoms with van der Waals surface area (Å²) >= 11 is 5.44. The van der Waals surface area contributed by atoms with Crippen molar-refractivity contribution < 1.29 is 9.15 Å². The first-order valence-corrected chi connectivity index (χ1v) is 11.0. The Bertz CT molecular complexity index is 1000. The summed E-state index contributed by atoms with van der Waals surface area (Å²) in [7, 11) is 0. The predicted octanol–water partition coefficient (Wildman–Crippen LogP) is 5.04. The van der Waals surface area contributed by atoms with E-state index in [0.717, 1.165) is 49.0 Å². The summed E-state index contributed by atoms with van der Waals surface area (Å²) in [5, 5.41) is 6.64. The van der Waals surface area contributed by atoms with E-state index < -0.39 is 0 Å². The fourth-order valence-electron chi connectivity index (χ4n) is 3.49. The van der Waals surface area contributed by atoms with E-state index in [4.69, 9.17) is 26.4 Å². The molecule has 3 aromatic rings. The number of hydrogen-bond donors (Lipinski definition) is 2. The zero-order valence-corrected chi connectivity index (χ0v) is 18.5. The first-order valence-electron chi connectivity index (χ1n) is 10.6. The van der Waals surface area contributed by atoms with E-state index in [9.17, 15) is 0 Å². The molecule has 0 aliphatic carbocycles. The van der Waals surface area contributed by atoms with Gasteiger partial charge in [-0.3, -0.25) is 0 Å². The molecular formula is C23H27N5O2S. The van der Waals surface area contributed by atoms with Crippen LogP contribution in [-0.2, 0) is 6.54 Å². The maximum atomic E-state index is 6.00. The van der Waals surface area contributed by atoms with Gasteiger partial charge in [0.1, 0.15) is 23.1 Å². The number of anilines is 2. The van der Waals surface area contributed by atoms with E-state index >= 15 is 0 Å². The number of aryl methyl sites for hydroxylation is 1. The second-order valence-corrected chi connectivity index (χ2v) is 7.93. The Morgan fingerprint density at radius 2 is 1.84 bits per heavy atom. The van der Waals surface area contributed by atoms with Crippen molar-refractivity contribution in [1.82, 2.24) is 15.3 Å². The highest BCUT2D eigenvalue weighted by atomic mass is 32.1. The number of furan rings is 1. The molecule has 7 nitrogen and oxygen atoms in total. The fraction of sp³-hybridized carbons (Fsp3) is 0.348. The van der Waals surface area contributed by atoms with Gasteiger partial charge in [-0.25, -0.2) is 0 Å². The average molecular weight is 438 g/mol. The minimum Gasteiger partial charge on any atom is -0.465 e. The quantitative estimate of drug-likeness (QED) is 0.520. The number of nitrogens with one attached hydrogen (secondary N) is 2. The fourth-order valence-corrected chi connectivity index (χ4v) is 3.65. The van der Waals surface area contributed by atoms with Gasteiger partial charge in [-0.15, -0.1) is 0 Å². The Hall–Kier alpha value is -3.13. The topological polar surface area (TPSA) is 75.5 Å². The summed E-state index contributed by atoms with van der Waals surface area (Å²) in [5.74, 6) is 4.13. The molecule has 2 N–H and O–H groups in total. The summed E-state index contributed by atoms with van der Waals surface area (Å²) in [6.07, 6.45) is 4.81. The number of aromatic nitrogens is 2. The molecule has 0 saturated carbocycles. The van der Waals surface area contributed by atoms with Crippen LogP contribution >= 0.6 is 12.2 Å². The van der Waals surface area contributed by atoms with Gasteiger partial charge in [-0.2, -0.15) is 9.97 Å². The zero-order chi connectivity index (χ0) is 21.5. The van der Waals surface area contributed by atoms with Gasteiger partial charge in [0.2, 0.25) is 11.8 Å². The van der Waals surface area contributed by atoms with Crippen molar-refractivity contribution in [2.24, 2.45) is 0 Å². The van der Waals surface area contributed by atoms with Crippen molar-refractivity contribution >= 4 is 29.1 Å². The lowest BCUT2D eigenvalue weighted by Crippen LogP contribution is -2.29. The molecule has 0 bridgehead atoms. The molecule has 1 aliphatic rings. The highest BCUT2D eigenvalue weighted by Crippen LogP contribution is 2.26. The number of nitrogens with zero attached hydrogens (tertiary/aromatic N) is 3. The van der Waals surface area contributed by atoms with Crippen LogP contribution in [0.15, 0.2) is 52.9 Å². The van der Waals surface area contributed by atoms with Crippen LogP contribution in [0.25, 0.3) is 0 Å². The standard InChI is InChI=1S/C23H27N5O2S/c1-17-11-12-19(29-17)16-24-23(31)27-22-25-20(28-13-7-2-3-8-14-28)15-21(26-22)30-18-9-5-4-6-10-18/h4-6,9-12,15H,2-3,7-8,13-14,16H2,1H3,(H2,24,25,26,27,31). The summed E-state index contributed by atoms with van der Waals surface area (Å²) in [6.45, 7) is 4.35. The molecule has 0 spiro atoms. The lowest BCUT2D eigenvalue weighted by atomic mass is 10.2. The van der Waals surface area contributed by atoms with Gasteiger partial charge in [-0.05, 0) is 56.2 Å². The van der Waals surface area contributed by atoms with Crippen molar-refractivity contribution in [2.75, 3.05) is 23.3 Å². The van der Waals surface area contributed by atoms with E-state index in [1.165, 1.54) is 12.8 Å². The minimum atomic E-state index is 0.404. The smallest absolute Gasteiger partial charge is 0.234 e. The monoisotopic (exact) mass is 437 g/mol. The lowest BCUT2D eigenvalue weighted by molar-refractivity contribution is 0.462. The summed E-state index contributed by atoms with van der Waals surface area (Å²) < 4.78 is 11.6. The second-order valence-electron chi connectivity index (χ2n) is 7.52. The van der Waals surface area contributed by atoms with Crippen LogP contribution in [0.5, 0.6) is 11.6 Å². The van der Waals surface area contributed by atoms with Gasteiger partial charge in [0, 0.05) is 19.2 Å². The van der Waals surface area contributed by atoms with Crippen molar-refractivity contribution in [1.29, 1.82) is 0 Å². The molecule has 2 aromatic heterocycles. The van der Waals surface area contributed by atoms with E-state index in [0.29, 0.717) is 23.5 Å². The lowest BCUT2D eigenvalue weighted by Gasteiger charge is -2.22. The van der Waals surface area contributed by atoms with E-state index in [2.05, 4.69) is 20.5 Å². The molecule has 1 saturated heterocycles. The van der Waals surface area contributed by atoms with Crippen molar-refractivity contribution in [3.05, 3.63) is 60.1 Å². The molecule has 162 valence electrons. The van der Waals surface area contributed by atoms with Crippen molar-refractivity contribution in [3.8, 4) is 11.6 Å². The van der Waals surface area contributed by atoms with Gasteiger partial charge in [0.15, 0.2) is 5.11 Å². The third-order valence-corrected chi connectivity index (χ3v) is 5.28. The van der Waals surface area contributed by atoms with E-state index in [1.807, 2.05) is 55.5 Å². The molecular weight excluding hydrogens is 410 g/mol. The molecule has 0 atom stereocenters. The van der Waals surface area contributed by atoms with Crippen LogP contribution in [-0.4, -0.2) is 28.2 Å². The van der Waals surface area contributed by atoms with Gasteiger partial charge in [0.25, 0.3) is 0 Å². The maximum absolute atomic E-state index is 6.00. The van der Waals surface area contributed by atoms with Crippen LogP contribution in [0.2, 0.25) is 0 Å². The number of benzene rings is 1. The number of hydrogen-bond acceptors (Lipinski definition) is 6. The predicted molar refractivity (Wildman–Crippen MR) is 126 cm³/mol. The van der Waals surface area contributed by atoms with Crippen LogP contribution in [0.3, 0.4) is 0 Å². The molecule has 31 heavy (non-hydrogen) atoms. The van der Waals surface area contributed by atoms with E-state index in [1.54, 1.807) is 0 Å². The van der Waals surface area contributed by atoms with E-state index in [-0.39, 0.29) is 0 Å². The highest BCUT2D eigenvalue weighted by Gasteiger charge is 2.15. The number of para-hydroxylation sites is 1. The first kappa shape index (κ1) is 21.1. The minimum absolute atomic E-state index is 0.404. The number of rotatable bonds is 6. The van der Waals surface area contributed by atoms with Crippen molar-refractivity contribution in [2.45, 2.75) is 39.2 Å². The molecule has 1 aliphatic heterocycles. The zero-order valence-electron chi connectivity index (χ0n) is 17.6. The van der Waals surface area contributed by atoms with Gasteiger partial charge >= 0.3 is 0 Å². The summed E-state index contributed by atoms with van der Waals surface area (Å²) in [5.41, 5.74) is 0. The van der Waals surface area contributed by atoms with Crippen LogP contribution in [0, 0.1) is 6.92 Å². The first-order chi connectivity index (χ1) is 15.2. The Labute approximate surface area is 187 Å². The van der Waals surface area contributed by atoms with Crippen LogP contribution < -0.4 is 20.3 Å². The van der Waals surface area contributed by atoms with Crippen molar-refractivity contribution in [3.63, 3.8) is 0 Å². The normalized spacial score (nSPS) is 14.0. The third-order valence-electron chi connectivity index (χ3n) is 5.03. The second kappa shape index (κ2) is 10.3. The third kappa shape index (κ3) is 6.18. The Morgan fingerprint density at radius 3 is 2.55 bits per heavy atom.